The van der Waals surface area contributed by atoms with Crippen molar-refractivity contribution in [1.29, 1.82) is 0 Å². The van der Waals surface area contributed by atoms with Gasteiger partial charge in [0.2, 0.25) is 5.91 Å². The van der Waals surface area contributed by atoms with Gasteiger partial charge in [-0.2, -0.15) is 13.2 Å². The van der Waals surface area contributed by atoms with E-state index in [9.17, 15) is 18.0 Å². The highest BCUT2D eigenvalue weighted by Gasteiger charge is 2.69. The van der Waals surface area contributed by atoms with Crippen molar-refractivity contribution >= 4 is 5.91 Å². The van der Waals surface area contributed by atoms with Crippen LogP contribution >= 0.6 is 0 Å². The van der Waals surface area contributed by atoms with Crippen molar-refractivity contribution in [2.75, 3.05) is 6.54 Å². The predicted molar refractivity (Wildman–Crippen MR) is 112 cm³/mol. The van der Waals surface area contributed by atoms with Gasteiger partial charge in [0.15, 0.2) is 0 Å². The number of hydrogen-bond acceptors (Lipinski definition) is 4. The van der Waals surface area contributed by atoms with Crippen LogP contribution in [-0.2, 0) is 4.79 Å². The summed E-state index contributed by atoms with van der Waals surface area (Å²) in [6, 6.07) is 5.24. The van der Waals surface area contributed by atoms with Gasteiger partial charge in [0.05, 0.1) is 29.0 Å². The van der Waals surface area contributed by atoms with Crippen molar-refractivity contribution < 1.29 is 22.7 Å². The fourth-order valence-corrected chi connectivity index (χ4v) is 6.25. The van der Waals surface area contributed by atoms with E-state index < -0.39 is 17.0 Å². The minimum absolute atomic E-state index is 0.0477. The zero-order chi connectivity index (χ0) is 22.8. The van der Waals surface area contributed by atoms with E-state index in [2.05, 4.69) is 21.8 Å². The van der Waals surface area contributed by atoms with Crippen molar-refractivity contribution in [1.82, 2.24) is 14.9 Å². The van der Waals surface area contributed by atoms with Crippen LogP contribution in [0.3, 0.4) is 0 Å². The zero-order valence-electron chi connectivity index (χ0n) is 17.9. The Morgan fingerprint density at radius 1 is 1.15 bits per heavy atom. The van der Waals surface area contributed by atoms with Crippen LogP contribution in [0.5, 0.6) is 5.75 Å². The van der Waals surface area contributed by atoms with Crippen LogP contribution in [0.2, 0.25) is 0 Å². The monoisotopic (exact) mass is 453 g/mol. The third kappa shape index (κ3) is 3.05. The van der Waals surface area contributed by atoms with Gasteiger partial charge in [-0.1, -0.05) is 12.0 Å². The predicted octanol–water partition coefficient (Wildman–Crippen LogP) is 4.42. The smallest absolute Gasteiger partial charge is 0.394 e. The molecule has 0 spiro atoms. The molecule has 2 aromatic rings. The van der Waals surface area contributed by atoms with Crippen LogP contribution in [0, 0.1) is 22.7 Å². The second kappa shape index (κ2) is 6.96. The normalized spacial score (nSPS) is 31.5. The number of aromatic nitrogens is 2. The summed E-state index contributed by atoms with van der Waals surface area (Å²) in [6.45, 7) is 0.381. The summed E-state index contributed by atoms with van der Waals surface area (Å²) in [5.41, 5.74) is -0.573. The first-order valence-electron chi connectivity index (χ1n) is 11.3. The number of rotatable bonds is 1. The van der Waals surface area contributed by atoms with Crippen molar-refractivity contribution in [3.8, 4) is 17.6 Å². The van der Waals surface area contributed by atoms with E-state index in [0.29, 0.717) is 42.8 Å². The number of carbonyl (C=O) groups is 1. The Bertz CT molecular complexity index is 1180. The summed E-state index contributed by atoms with van der Waals surface area (Å²) in [6.07, 6.45) is 1.78. The molecule has 0 radical (unpaired) electrons. The van der Waals surface area contributed by atoms with Gasteiger partial charge < -0.3 is 9.64 Å². The van der Waals surface area contributed by atoms with E-state index in [-0.39, 0.29) is 37.3 Å². The molecule has 2 aliphatic carbocycles. The second-order valence-electron chi connectivity index (χ2n) is 9.75. The Morgan fingerprint density at radius 3 is 2.67 bits per heavy atom. The van der Waals surface area contributed by atoms with Crippen molar-refractivity contribution in [3.05, 3.63) is 53.6 Å². The molecule has 33 heavy (non-hydrogen) atoms. The Labute approximate surface area is 189 Å². The van der Waals surface area contributed by atoms with Gasteiger partial charge >= 0.3 is 6.18 Å². The second-order valence-corrected chi connectivity index (χ2v) is 9.75. The molecular weight excluding hydrogens is 431 g/mol. The van der Waals surface area contributed by atoms with E-state index in [1.807, 2.05) is 18.2 Å². The lowest BCUT2D eigenvalue weighted by molar-refractivity contribution is -0.220. The van der Waals surface area contributed by atoms with Crippen LogP contribution in [0.15, 0.2) is 36.8 Å². The molecule has 3 fully saturated rings. The zero-order valence-corrected chi connectivity index (χ0v) is 17.9. The fourth-order valence-electron chi connectivity index (χ4n) is 6.25. The number of hydrogen-bond donors (Lipinski definition) is 0. The summed E-state index contributed by atoms with van der Waals surface area (Å²) < 4.78 is 47.4. The average molecular weight is 453 g/mol. The molecule has 2 aliphatic heterocycles. The van der Waals surface area contributed by atoms with Gasteiger partial charge in [-0.25, -0.2) is 4.98 Å². The van der Waals surface area contributed by atoms with E-state index in [0.717, 1.165) is 5.56 Å². The molecule has 0 N–H and O–H groups in total. The number of alkyl halides is 3. The van der Waals surface area contributed by atoms with Crippen LogP contribution in [-0.4, -0.2) is 39.6 Å². The Balaban J connectivity index is 1.30. The third-order valence-electron chi connectivity index (χ3n) is 7.98. The van der Waals surface area contributed by atoms with Crippen molar-refractivity contribution in [3.63, 3.8) is 0 Å². The maximum Gasteiger partial charge on any atom is 0.394 e. The summed E-state index contributed by atoms with van der Waals surface area (Å²) in [5.74, 6) is 6.55. The highest BCUT2D eigenvalue weighted by Crippen LogP contribution is 2.68. The van der Waals surface area contributed by atoms with Gasteiger partial charge in [0, 0.05) is 30.6 Å². The van der Waals surface area contributed by atoms with Crippen molar-refractivity contribution in [2.24, 2.45) is 10.8 Å². The lowest BCUT2D eigenvalue weighted by Gasteiger charge is -2.34. The number of carbonyl (C=O) groups excluding carboxylic acids is 1. The lowest BCUT2D eigenvalue weighted by Crippen LogP contribution is -2.41. The molecule has 4 heterocycles. The highest BCUT2D eigenvalue weighted by molar-refractivity contribution is 5.85. The molecule has 1 amide bonds. The summed E-state index contributed by atoms with van der Waals surface area (Å²) in [5, 5.41) is 0. The largest absolute Gasteiger partial charge is 0.487 e. The van der Waals surface area contributed by atoms with Gasteiger partial charge in [-0.05, 0) is 50.2 Å². The van der Waals surface area contributed by atoms with Gasteiger partial charge in [0.1, 0.15) is 17.5 Å². The molecule has 0 aromatic carbocycles. The first kappa shape index (κ1) is 20.5. The molecule has 8 heteroatoms. The number of fused-ring (bicyclic) bond motifs is 6. The van der Waals surface area contributed by atoms with E-state index >= 15 is 0 Å². The summed E-state index contributed by atoms with van der Waals surface area (Å²) >= 11 is 0. The summed E-state index contributed by atoms with van der Waals surface area (Å²) in [4.78, 5) is 24.0. The first-order valence-corrected chi connectivity index (χ1v) is 11.3. The number of pyridine rings is 2. The van der Waals surface area contributed by atoms with Crippen LogP contribution in [0.4, 0.5) is 13.2 Å². The molecule has 2 atom stereocenters. The SMILES string of the molecule is O=C(N1C[C@@H]2C[C@H]1c1cncc(C#Cc3ccccn3)c1O2)C12CCC(C(F)(F)F)(CC1)C2. The lowest BCUT2D eigenvalue weighted by atomic mass is 9.81. The molecule has 0 unspecified atom stereocenters. The summed E-state index contributed by atoms with van der Waals surface area (Å²) in [7, 11) is 0. The van der Waals surface area contributed by atoms with E-state index in [1.165, 1.54) is 0 Å². The van der Waals surface area contributed by atoms with E-state index in [4.69, 9.17) is 4.74 Å². The topological polar surface area (TPSA) is 55.3 Å². The standard InChI is InChI=1S/C25H22F3N3O2/c26-25(27,28)24-8-6-23(15-24,7-9-24)22(32)31-14-18-11-20(31)19-13-29-12-16(21(19)33-18)4-5-17-3-1-2-10-30-17/h1-3,10,12-13,18,20H,6-9,11,14-15H2/t18-,20-,23?,24?/m0/s1. The first-order chi connectivity index (χ1) is 15.8. The number of halogens is 3. The molecule has 5 nitrogen and oxygen atoms in total. The molecular formula is C25H22F3N3O2. The molecule has 6 rings (SSSR count). The highest BCUT2D eigenvalue weighted by atomic mass is 19.4. The number of likely N-dealkylation sites (tertiary alicyclic amines) is 1. The quantitative estimate of drug-likeness (QED) is 0.600. The van der Waals surface area contributed by atoms with Gasteiger partial charge in [-0.3, -0.25) is 9.78 Å². The maximum atomic E-state index is 13.7. The van der Waals surface area contributed by atoms with E-state index in [1.54, 1.807) is 23.5 Å². The minimum Gasteiger partial charge on any atom is -0.487 e. The number of ether oxygens (including phenoxy) is 1. The van der Waals surface area contributed by atoms with Crippen LogP contribution < -0.4 is 4.74 Å². The Hall–Kier alpha value is -3.08. The molecule has 1 saturated heterocycles. The van der Waals surface area contributed by atoms with Gasteiger partial charge in [-0.15, -0.1) is 0 Å². The molecule has 4 bridgehead atoms. The average Bonchev–Trinajstić information content (AvgIpc) is 3.50. The van der Waals surface area contributed by atoms with Gasteiger partial charge in [0.25, 0.3) is 0 Å². The Kier molecular flexibility index (Phi) is 4.33. The number of nitrogens with zero attached hydrogens (tertiary/aromatic N) is 3. The molecule has 170 valence electrons. The molecule has 4 aliphatic rings. The van der Waals surface area contributed by atoms with Crippen LogP contribution in [0.1, 0.15) is 61.4 Å². The number of amides is 1. The molecule has 2 saturated carbocycles. The fraction of sp³-hybridized carbons (Fsp3) is 0.480. The third-order valence-corrected chi connectivity index (χ3v) is 7.98. The van der Waals surface area contributed by atoms with Crippen LogP contribution in [0.25, 0.3) is 0 Å². The Morgan fingerprint density at radius 2 is 1.97 bits per heavy atom. The van der Waals surface area contributed by atoms with Crippen molar-refractivity contribution in [2.45, 2.75) is 56.8 Å². The molecule has 2 aromatic heterocycles. The maximum absolute atomic E-state index is 13.7. The minimum atomic E-state index is -4.26.